The molecule has 3 aliphatic rings. The van der Waals surface area contributed by atoms with Crippen molar-refractivity contribution >= 4 is 0 Å². The van der Waals surface area contributed by atoms with Crippen LogP contribution in [0.3, 0.4) is 0 Å². The minimum absolute atomic E-state index is 0.662. The molecule has 1 aromatic rings. The average Bonchev–Trinajstić information content (AvgIpc) is 3.32. The van der Waals surface area contributed by atoms with Crippen molar-refractivity contribution in [3.8, 4) is 5.75 Å². The maximum atomic E-state index is 6.13. The molecule has 1 aliphatic carbocycles. The van der Waals surface area contributed by atoms with E-state index in [1.807, 2.05) is 0 Å². The summed E-state index contributed by atoms with van der Waals surface area (Å²) in [4.78, 5) is 2.68. The van der Waals surface area contributed by atoms with Gasteiger partial charge in [0.05, 0.1) is 6.61 Å². The summed E-state index contributed by atoms with van der Waals surface area (Å²) >= 11 is 0. The van der Waals surface area contributed by atoms with Gasteiger partial charge in [0.2, 0.25) is 0 Å². The van der Waals surface area contributed by atoms with Crippen molar-refractivity contribution in [2.45, 2.75) is 77.2 Å². The Morgan fingerprint density at radius 2 is 2.06 bits per heavy atom. The zero-order chi connectivity index (χ0) is 21.3. The van der Waals surface area contributed by atoms with E-state index < -0.39 is 0 Å². The molecular formula is C27H45N3O. The van der Waals surface area contributed by atoms with Crippen molar-refractivity contribution in [2.24, 2.45) is 11.8 Å². The predicted octanol–water partition coefficient (Wildman–Crippen LogP) is 4.41. The maximum Gasteiger partial charge on any atom is 0.119 e. The van der Waals surface area contributed by atoms with Crippen LogP contribution in [-0.4, -0.2) is 56.8 Å². The zero-order valence-corrected chi connectivity index (χ0v) is 19.8. The van der Waals surface area contributed by atoms with Gasteiger partial charge in [0, 0.05) is 12.6 Å². The van der Waals surface area contributed by atoms with Crippen molar-refractivity contribution in [1.29, 1.82) is 0 Å². The normalized spacial score (nSPS) is 25.3. The molecule has 4 nitrogen and oxygen atoms in total. The molecule has 4 rings (SSSR count). The van der Waals surface area contributed by atoms with Gasteiger partial charge >= 0.3 is 0 Å². The molecule has 0 saturated carbocycles. The molecule has 0 aromatic heterocycles. The fourth-order valence-corrected chi connectivity index (χ4v) is 5.97. The van der Waals surface area contributed by atoms with Crippen LogP contribution in [0.4, 0.5) is 0 Å². The number of likely N-dealkylation sites (tertiary alicyclic amines) is 1. The van der Waals surface area contributed by atoms with Crippen LogP contribution in [0.15, 0.2) is 18.2 Å². The SMILES string of the molecule is CCCC(NCCCOc1ccc2c(c1)CCC(CN1CCCC1)C2)C1CCCNC1. The Kier molecular flexibility index (Phi) is 9.10. The molecule has 4 heteroatoms. The van der Waals surface area contributed by atoms with Crippen molar-refractivity contribution in [3.05, 3.63) is 29.3 Å². The van der Waals surface area contributed by atoms with E-state index in [2.05, 4.69) is 40.7 Å². The highest BCUT2D eigenvalue weighted by molar-refractivity contribution is 5.37. The third-order valence-electron chi connectivity index (χ3n) is 7.72. The lowest BCUT2D eigenvalue weighted by Gasteiger charge is -2.31. The molecule has 0 spiro atoms. The summed E-state index contributed by atoms with van der Waals surface area (Å²) in [6.45, 7) is 10.5. The number of ether oxygens (including phenoxy) is 1. The van der Waals surface area contributed by atoms with E-state index >= 15 is 0 Å². The number of aryl methyl sites for hydroxylation is 1. The summed E-state index contributed by atoms with van der Waals surface area (Å²) in [6, 6.07) is 7.53. The van der Waals surface area contributed by atoms with E-state index in [9.17, 15) is 0 Å². The zero-order valence-electron chi connectivity index (χ0n) is 19.8. The molecule has 0 bridgehead atoms. The quantitative estimate of drug-likeness (QED) is 0.513. The third kappa shape index (κ3) is 6.94. The highest BCUT2D eigenvalue weighted by atomic mass is 16.5. The van der Waals surface area contributed by atoms with Gasteiger partial charge in [0.15, 0.2) is 0 Å². The number of piperidine rings is 1. The Bertz CT molecular complexity index is 652. The van der Waals surface area contributed by atoms with E-state index in [1.165, 1.54) is 96.1 Å². The standard InChI is InChI=1S/C27H45N3O/c1-2-7-27(25-8-5-13-28-20-25)29-14-6-17-31-26-12-11-23-18-22(9-10-24(23)19-26)21-30-15-3-4-16-30/h11-12,19,22,25,27-29H,2-10,13-18,20-21H2,1H3. The van der Waals surface area contributed by atoms with Gasteiger partial charge in [0.25, 0.3) is 0 Å². The molecule has 174 valence electrons. The Labute approximate surface area is 190 Å². The molecule has 0 amide bonds. The summed E-state index contributed by atoms with van der Waals surface area (Å²) in [5, 5.41) is 7.41. The molecule has 0 radical (unpaired) electrons. The highest BCUT2D eigenvalue weighted by Gasteiger charge is 2.23. The van der Waals surface area contributed by atoms with Gasteiger partial charge in [-0.25, -0.2) is 0 Å². The monoisotopic (exact) mass is 427 g/mol. The number of hydrogen-bond donors (Lipinski definition) is 2. The van der Waals surface area contributed by atoms with E-state index in [0.717, 1.165) is 37.2 Å². The van der Waals surface area contributed by atoms with Crippen molar-refractivity contribution < 1.29 is 4.74 Å². The van der Waals surface area contributed by atoms with Crippen LogP contribution in [0.1, 0.15) is 69.4 Å². The molecular weight excluding hydrogens is 382 g/mol. The maximum absolute atomic E-state index is 6.13. The van der Waals surface area contributed by atoms with Gasteiger partial charge < -0.3 is 20.3 Å². The number of nitrogens with zero attached hydrogens (tertiary/aromatic N) is 1. The first-order chi connectivity index (χ1) is 15.3. The molecule has 2 saturated heterocycles. The average molecular weight is 428 g/mol. The van der Waals surface area contributed by atoms with E-state index in [-0.39, 0.29) is 0 Å². The number of rotatable bonds is 11. The first kappa shape index (κ1) is 23.1. The van der Waals surface area contributed by atoms with Crippen LogP contribution >= 0.6 is 0 Å². The summed E-state index contributed by atoms with van der Waals surface area (Å²) in [5.74, 6) is 2.71. The summed E-state index contributed by atoms with van der Waals surface area (Å²) in [5.41, 5.74) is 3.09. The molecule has 3 unspecified atom stereocenters. The van der Waals surface area contributed by atoms with Crippen molar-refractivity contribution in [1.82, 2.24) is 15.5 Å². The Morgan fingerprint density at radius 1 is 1.16 bits per heavy atom. The van der Waals surface area contributed by atoms with Gasteiger partial charge in [-0.2, -0.15) is 0 Å². The largest absolute Gasteiger partial charge is 0.494 e. The molecule has 3 atom stereocenters. The van der Waals surface area contributed by atoms with Gasteiger partial charge in [-0.3, -0.25) is 0 Å². The van der Waals surface area contributed by atoms with Crippen LogP contribution in [0.25, 0.3) is 0 Å². The third-order valence-corrected chi connectivity index (χ3v) is 7.72. The second-order valence-corrected chi connectivity index (χ2v) is 10.2. The van der Waals surface area contributed by atoms with Crippen molar-refractivity contribution in [3.63, 3.8) is 0 Å². The van der Waals surface area contributed by atoms with Crippen LogP contribution in [0.5, 0.6) is 5.75 Å². The first-order valence-corrected chi connectivity index (χ1v) is 13.2. The number of fused-ring (bicyclic) bond motifs is 1. The summed E-state index contributed by atoms with van der Waals surface area (Å²) < 4.78 is 6.13. The molecule has 31 heavy (non-hydrogen) atoms. The fraction of sp³-hybridized carbons (Fsp3) is 0.778. The van der Waals surface area contributed by atoms with E-state index in [1.54, 1.807) is 5.56 Å². The molecule has 2 heterocycles. The van der Waals surface area contributed by atoms with E-state index in [4.69, 9.17) is 4.74 Å². The van der Waals surface area contributed by atoms with Gasteiger partial charge in [-0.05, 0) is 126 Å². The van der Waals surface area contributed by atoms with Crippen LogP contribution in [0.2, 0.25) is 0 Å². The Hall–Kier alpha value is -1.10. The molecule has 2 N–H and O–H groups in total. The summed E-state index contributed by atoms with van der Waals surface area (Å²) in [7, 11) is 0. The van der Waals surface area contributed by atoms with Crippen molar-refractivity contribution in [2.75, 3.05) is 45.9 Å². The lowest BCUT2D eigenvalue weighted by molar-refractivity contribution is 0.257. The fourth-order valence-electron chi connectivity index (χ4n) is 5.97. The Morgan fingerprint density at radius 3 is 2.87 bits per heavy atom. The summed E-state index contributed by atoms with van der Waals surface area (Å²) in [6.07, 6.45) is 12.9. The lowest BCUT2D eigenvalue weighted by atomic mass is 9.83. The number of nitrogens with one attached hydrogen (secondary N) is 2. The topological polar surface area (TPSA) is 36.5 Å². The molecule has 2 fully saturated rings. The van der Waals surface area contributed by atoms with Gasteiger partial charge in [-0.15, -0.1) is 0 Å². The second-order valence-electron chi connectivity index (χ2n) is 10.2. The lowest BCUT2D eigenvalue weighted by Crippen LogP contribution is -2.44. The van der Waals surface area contributed by atoms with Crippen LogP contribution in [0, 0.1) is 11.8 Å². The van der Waals surface area contributed by atoms with E-state index in [0.29, 0.717) is 6.04 Å². The minimum Gasteiger partial charge on any atom is -0.494 e. The van der Waals surface area contributed by atoms with Gasteiger partial charge in [0.1, 0.15) is 5.75 Å². The number of benzene rings is 1. The highest BCUT2D eigenvalue weighted by Crippen LogP contribution is 2.30. The van der Waals surface area contributed by atoms with Gasteiger partial charge in [-0.1, -0.05) is 19.4 Å². The van der Waals surface area contributed by atoms with Crippen LogP contribution < -0.4 is 15.4 Å². The first-order valence-electron chi connectivity index (χ1n) is 13.2. The molecule has 1 aromatic carbocycles. The minimum atomic E-state index is 0.662. The number of hydrogen-bond acceptors (Lipinski definition) is 4. The Balaban J connectivity index is 1.16. The van der Waals surface area contributed by atoms with Crippen LogP contribution in [-0.2, 0) is 12.8 Å². The smallest absolute Gasteiger partial charge is 0.119 e. The second kappa shape index (κ2) is 12.2. The predicted molar refractivity (Wildman–Crippen MR) is 130 cm³/mol. The molecule has 2 aliphatic heterocycles.